The molecule has 1 aromatic carbocycles. The highest BCUT2D eigenvalue weighted by Crippen LogP contribution is 2.34. The maximum atomic E-state index is 11.7. The largest absolute Gasteiger partial charge is 0.256 e. The number of benzene rings is 1. The van der Waals surface area contributed by atoms with Gasteiger partial charge in [-0.3, -0.25) is 4.98 Å². The molecule has 0 aliphatic heterocycles. The van der Waals surface area contributed by atoms with E-state index in [1.807, 2.05) is 0 Å². The van der Waals surface area contributed by atoms with Gasteiger partial charge in [0.1, 0.15) is 0 Å². The van der Waals surface area contributed by atoms with Gasteiger partial charge in [-0.05, 0) is 18.2 Å². The summed E-state index contributed by atoms with van der Waals surface area (Å²) in [5, 5.41) is 11.6. The molecule has 0 amide bonds. The Kier molecular flexibility index (Phi) is 4.15. The predicted octanol–water partition coefficient (Wildman–Crippen LogP) is 2.46. The molecule has 0 unspecified atom stereocenters. The van der Waals surface area contributed by atoms with Crippen molar-refractivity contribution in [2.45, 2.75) is 11.1 Å². The number of nitrogens with one attached hydrogen (secondary N) is 2. The number of pyridine rings is 1. The van der Waals surface area contributed by atoms with Crippen LogP contribution in [-0.4, -0.2) is 13.4 Å². The summed E-state index contributed by atoms with van der Waals surface area (Å²) in [5.74, 6) is 0. The summed E-state index contributed by atoms with van der Waals surface area (Å²) in [4.78, 5) is 3.92. The maximum Gasteiger partial charge on any atom is 0.238 e. The van der Waals surface area contributed by atoms with Crippen LogP contribution in [0.2, 0.25) is 0 Å². The molecule has 0 aliphatic carbocycles. The number of aromatic nitrogens is 1. The van der Waals surface area contributed by atoms with Crippen LogP contribution in [0.1, 0.15) is 11.7 Å². The van der Waals surface area contributed by atoms with Crippen LogP contribution in [0.25, 0.3) is 11.3 Å². The van der Waals surface area contributed by atoms with Gasteiger partial charge in [-0.2, -0.15) is 10.2 Å². The second kappa shape index (κ2) is 5.85. The lowest BCUT2D eigenvalue weighted by atomic mass is 10.0. The van der Waals surface area contributed by atoms with Crippen LogP contribution in [0, 0.1) is 11.1 Å². The van der Waals surface area contributed by atoms with E-state index in [1.54, 1.807) is 30.5 Å². The number of hydrogen-bond donors (Lipinski definition) is 3. The van der Waals surface area contributed by atoms with Crippen LogP contribution in [0.3, 0.4) is 0 Å². The molecule has 21 heavy (non-hydrogen) atoms. The first-order valence-corrected chi connectivity index (χ1v) is 7.34. The number of primary sulfonamides is 1. The van der Waals surface area contributed by atoms with Gasteiger partial charge in [-0.1, -0.05) is 18.2 Å². The molecule has 0 saturated heterocycles. The van der Waals surface area contributed by atoms with Crippen LogP contribution < -0.4 is 5.14 Å². The van der Waals surface area contributed by atoms with E-state index in [9.17, 15) is 8.42 Å². The average Bonchev–Trinajstić information content (AvgIpc) is 2.48. The van der Waals surface area contributed by atoms with Crippen molar-refractivity contribution < 1.29 is 8.42 Å². The Morgan fingerprint density at radius 3 is 2.33 bits per heavy atom. The van der Waals surface area contributed by atoms with E-state index < -0.39 is 16.2 Å². The smallest absolute Gasteiger partial charge is 0.238 e. The first kappa shape index (κ1) is 14.9. The Morgan fingerprint density at radius 1 is 1.10 bits per heavy atom. The molecular formula is C12H12N6O2S. The van der Waals surface area contributed by atoms with Crippen molar-refractivity contribution in [3.05, 3.63) is 48.2 Å². The molecule has 2 aromatic rings. The van der Waals surface area contributed by atoms with E-state index in [-0.39, 0.29) is 10.5 Å². The molecule has 108 valence electrons. The summed E-state index contributed by atoms with van der Waals surface area (Å²) >= 11 is 0. The third-order valence-electron chi connectivity index (χ3n) is 2.82. The third kappa shape index (κ3) is 2.98. The fraction of sp³-hybridized carbons (Fsp3) is 0.0833. The van der Waals surface area contributed by atoms with Crippen LogP contribution in [0.15, 0.2) is 57.7 Å². The Balaban J connectivity index is 2.83. The molecule has 1 heterocycles. The Bertz CT molecular complexity index is 768. The van der Waals surface area contributed by atoms with Crippen molar-refractivity contribution in [1.82, 2.24) is 4.98 Å². The van der Waals surface area contributed by atoms with Crippen LogP contribution >= 0.6 is 0 Å². The molecule has 0 spiro atoms. The number of sulfonamides is 1. The lowest BCUT2D eigenvalue weighted by molar-refractivity contribution is 0.589. The van der Waals surface area contributed by atoms with Crippen molar-refractivity contribution in [1.29, 1.82) is 11.1 Å². The second-order valence-electron chi connectivity index (χ2n) is 4.11. The highest BCUT2D eigenvalue weighted by atomic mass is 32.2. The normalized spacial score (nSPS) is 12.6. The second-order valence-corrected chi connectivity index (χ2v) is 5.64. The van der Waals surface area contributed by atoms with E-state index in [2.05, 4.69) is 15.2 Å². The SMILES string of the molecule is N=NC(N=N)c1c(-c2ccccn2)cccc1S(N)(=O)=O. The number of rotatable bonds is 5. The van der Waals surface area contributed by atoms with Crippen molar-refractivity contribution in [2.75, 3.05) is 0 Å². The first-order chi connectivity index (χ1) is 9.99. The molecule has 0 saturated carbocycles. The molecule has 0 aliphatic rings. The highest BCUT2D eigenvalue weighted by molar-refractivity contribution is 7.89. The minimum atomic E-state index is -4.04. The van der Waals surface area contributed by atoms with Crippen LogP contribution in [-0.2, 0) is 10.0 Å². The lowest BCUT2D eigenvalue weighted by Crippen LogP contribution is -2.16. The molecule has 0 atom stereocenters. The number of nitrogens with zero attached hydrogens (tertiary/aromatic N) is 3. The van der Waals surface area contributed by atoms with E-state index in [1.165, 1.54) is 12.1 Å². The predicted molar refractivity (Wildman–Crippen MR) is 74.1 cm³/mol. The van der Waals surface area contributed by atoms with Gasteiger partial charge in [0.15, 0.2) is 0 Å². The van der Waals surface area contributed by atoms with E-state index in [0.717, 1.165) is 0 Å². The Labute approximate surface area is 121 Å². The molecule has 8 nitrogen and oxygen atoms in total. The minimum Gasteiger partial charge on any atom is -0.256 e. The molecule has 2 rings (SSSR count). The Hall–Kier alpha value is -2.52. The summed E-state index contributed by atoms with van der Waals surface area (Å²) < 4.78 is 23.5. The topological polar surface area (TPSA) is 145 Å². The fourth-order valence-electron chi connectivity index (χ4n) is 1.96. The zero-order valence-electron chi connectivity index (χ0n) is 10.8. The van der Waals surface area contributed by atoms with Crippen molar-refractivity contribution in [2.24, 2.45) is 15.4 Å². The van der Waals surface area contributed by atoms with E-state index in [4.69, 9.17) is 16.2 Å². The first-order valence-electron chi connectivity index (χ1n) is 5.79. The summed E-state index contributed by atoms with van der Waals surface area (Å²) in [7, 11) is -4.04. The summed E-state index contributed by atoms with van der Waals surface area (Å²) in [6.45, 7) is 0. The summed E-state index contributed by atoms with van der Waals surface area (Å²) in [5.41, 5.74) is 15.2. The summed E-state index contributed by atoms with van der Waals surface area (Å²) in [6, 6.07) is 9.55. The van der Waals surface area contributed by atoms with Gasteiger partial charge in [-0.25, -0.2) is 24.6 Å². The molecule has 0 bridgehead atoms. The Morgan fingerprint density at radius 2 is 1.81 bits per heavy atom. The van der Waals surface area contributed by atoms with Crippen molar-refractivity contribution in [3.8, 4) is 11.3 Å². The number of nitrogens with two attached hydrogens (primary N) is 1. The zero-order chi connectivity index (χ0) is 15.5. The van der Waals surface area contributed by atoms with Crippen LogP contribution in [0.4, 0.5) is 0 Å². The minimum absolute atomic E-state index is 0.0729. The van der Waals surface area contributed by atoms with Gasteiger partial charge < -0.3 is 0 Å². The van der Waals surface area contributed by atoms with E-state index in [0.29, 0.717) is 11.3 Å². The average molecular weight is 304 g/mol. The summed E-state index contributed by atoms with van der Waals surface area (Å²) in [6.07, 6.45) is 0.268. The van der Waals surface area contributed by atoms with Crippen molar-refractivity contribution >= 4 is 10.0 Å². The van der Waals surface area contributed by atoms with E-state index >= 15 is 0 Å². The monoisotopic (exact) mass is 304 g/mol. The molecular weight excluding hydrogens is 292 g/mol. The molecule has 1 aromatic heterocycles. The van der Waals surface area contributed by atoms with Gasteiger partial charge in [0.05, 0.1) is 10.6 Å². The van der Waals surface area contributed by atoms with Gasteiger partial charge in [0.25, 0.3) is 0 Å². The molecule has 4 N–H and O–H groups in total. The molecule has 0 fully saturated rings. The van der Waals surface area contributed by atoms with Gasteiger partial charge in [-0.15, -0.1) is 0 Å². The highest BCUT2D eigenvalue weighted by Gasteiger charge is 2.25. The van der Waals surface area contributed by atoms with Gasteiger partial charge in [0.2, 0.25) is 16.2 Å². The van der Waals surface area contributed by atoms with Gasteiger partial charge >= 0.3 is 0 Å². The molecule has 0 radical (unpaired) electrons. The fourth-order valence-corrected chi connectivity index (χ4v) is 2.75. The van der Waals surface area contributed by atoms with Gasteiger partial charge in [0, 0.05) is 17.3 Å². The third-order valence-corrected chi connectivity index (χ3v) is 3.79. The quantitative estimate of drug-likeness (QED) is 0.729. The standard InChI is InChI=1S/C12H12N6O2S/c13-17-12(18-14)11-8(9-5-1-2-7-16-9)4-3-6-10(11)21(15,19)20/h1-7,12-14H,(H2,15,19,20). The van der Waals surface area contributed by atoms with Crippen LogP contribution in [0.5, 0.6) is 0 Å². The zero-order valence-corrected chi connectivity index (χ0v) is 11.6. The lowest BCUT2D eigenvalue weighted by Gasteiger charge is -2.14. The maximum absolute atomic E-state index is 11.7. The number of hydrogen-bond acceptors (Lipinski definition) is 7. The van der Waals surface area contributed by atoms with Crippen molar-refractivity contribution in [3.63, 3.8) is 0 Å². The molecule has 9 heteroatoms.